The number of nitriles is 1. The van der Waals surface area contributed by atoms with E-state index >= 15 is 0 Å². The Morgan fingerprint density at radius 2 is 2.03 bits per heavy atom. The van der Waals surface area contributed by atoms with Crippen molar-refractivity contribution in [2.75, 3.05) is 6.61 Å². The molecule has 3 atom stereocenters. The predicted octanol–water partition coefficient (Wildman–Crippen LogP) is 4.14. The summed E-state index contributed by atoms with van der Waals surface area (Å²) >= 11 is 5.90. The van der Waals surface area contributed by atoms with Crippen molar-refractivity contribution in [1.29, 1.82) is 5.26 Å². The highest BCUT2D eigenvalue weighted by Crippen LogP contribution is 2.46. The molecule has 2 aliphatic rings. The highest BCUT2D eigenvalue weighted by atomic mass is 35.5. The second-order valence-electron chi connectivity index (χ2n) is 8.08. The maximum absolute atomic E-state index is 13.8. The molecular formula is C24H20ClN5O2. The number of likely N-dealkylation sites (tertiary alicyclic amines) is 1. The second-order valence-corrected chi connectivity index (χ2v) is 8.51. The molecule has 1 saturated carbocycles. The third-order valence-electron chi connectivity index (χ3n) is 6.05. The number of carbonyl (C=O) groups is 1. The van der Waals surface area contributed by atoms with Gasteiger partial charge >= 0.3 is 0 Å². The van der Waals surface area contributed by atoms with E-state index in [1.807, 2.05) is 4.90 Å². The fraction of sp³-hybridized carbons (Fsp3) is 0.292. The van der Waals surface area contributed by atoms with Gasteiger partial charge in [0.1, 0.15) is 6.61 Å². The number of aromatic nitrogens is 3. The van der Waals surface area contributed by atoms with Crippen LogP contribution in [0.5, 0.6) is 5.88 Å². The van der Waals surface area contributed by atoms with E-state index in [1.54, 1.807) is 48.8 Å². The molecule has 1 aromatic carbocycles. The third kappa shape index (κ3) is 4.02. The first-order chi connectivity index (χ1) is 15.6. The zero-order valence-corrected chi connectivity index (χ0v) is 17.9. The van der Waals surface area contributed by atoms with Crippen LogP contribution in [-0.4, -0.2) is 44.4 Å². The summed E-state index contributed by atoms with van der Waals surface area (Å²) < 4.78 is 5.90. The smallest absolute Gasteiger partial charge is 0.255 e. The van der Waals surface area contributed by atoms with Crippen molar-refractivity contribution in [3.63, 3.8) is 0 Å². The van der Waals surface area contributed by atoms with Gasteiger partial charge in [-0.25, -0.2) is 15.0 Å². The van der Waals surface area contributed by atoms with E-state index in [1.165, 1.54) is 6.20 Å². The molecule has 0 bridgehead atoms. The molecule has 32 heavy (non-hydrogen) atoms. The Morgan fingerprint density at radius 3 is 2.78 bits per heavy atom. The SMILES string of the molecule is N#Cc1ccc(-c2ncccn2)c(C(=O)N2C3CC3CC[C@H]2COc2ccc(Cl)cn2)c1. The van der Waals surface area contributed by atoms with Crippen LogP contribution < -0.4 is 4.74 Å². The Labute approximate surface area is 190 Å². The molecule has 1 aliphatic carbocycles. The van der Waals surface area contributed by atoms with E-state index in [4.69, 9.17) is 16.3 Å². The van der Waals surface area contributed by atoms with E-state index in [0.717, 1.165) is 19.3 Å². The van der Waals surface area contributed by atoms with Crippen LogP contribution in [0.2, 0.25) is 5.02 Å². The summed E-state index contributed by atoms with van der Waals surface area (Å²) in [5.74, 6) is 1.35. The van der Waals surface area contributed by atoms with Crippen LogP contribution in [0.1, 0.15) is 35.2 Å². The minimum absolute atomic E-state index is 0.0842. The number of nitrogens with zero attached hydrogens (tertiary/aromatic N) is 5. The van der Waals surface area contributed by atoms with Crippen LogP contribution in [0.4, 0.5) is 0 Å². The van der Waals surface area contributed by atoms with Gasteiger partial charge in [0, 0.05) is 36.3 Å². The predicted molar refractivity (Wildman–Crippen MR) is 118 cm³/mol. The van der Waals surface area contributed by atoms with Gasteiger partial charge in [0.05, 0.1) is 28.3 Å². The lowest BCUT2D eigenvalue weighted by Gasteiger charge is -2.36. The Morgan fingerprint density at radius 1 is 1.19 bits per heavy atom. The molecule has 8 heteroatoms. The molecule has 3 heterocycles. The van der Waals surface area contributed by atoms with Crippen molar-refractivity contribution in [2.24, 2.45) is 5.92 Å². The molecule has 0 N–H and O–H groups in total. The average Bonchev–Trinajstić information content (AvgIpc) is 3.63. The number of fused-ring (bicyclic) bond motifs is 1. The summed E-state index contributed by atoms with van der Waals surface area (Å²) in [6.45, 7) is 0.346. The first kappa shape index (κ1) is 20.4. The third-order valence-corrected chi connectivity index (χ3v) is 6.27. The summed E-state index contributed by atoms with van der Waals surface area (Å²) in [6, 6.07) is 12.5. The van der Waals surface area contributed by atoms with Crippen LogP contribution in [0, 0.1) is 17.2 Å². The maximum Gasteiger partial charge on any atom is 0.255 e. The summed E-state index contributed by atoms with van der Waals surface area (Å²) in [5.41, 5.74) is 1.49. The van der Waals surface area contributed by atoms with E-state index in [0.29, 0.717) is 45.9 Å². The average molecular weight is 446 g/mol. The molecular weight excluding hydrogens is 426 g/mol. The molecule has 2 unspecified atom stereocenters. The number of hydrogen-bond donors (Lipinski definition) is 0. The molecule has 1 saturated heterocycles. The van der Waals surface area contributed by atoms with Crippen molar-refractivity contribution >= 4 is 17.5 Å². The van der Waals surface area contributed by atoms with Crippen LogP contribution in [-0.2, 0) is 0 Å². The van der Waals surface area contributed by atoms with Gasteiger partial charge in [0.25, 0.3) is 5.91 Å². The minimum atomic E-state index is -0.116. The number of hydrogen-bond acceptors (Lipinski definition) is 6. The lowest BCUT2D eigenvalue weighted by Crippen LogP contribution is -2.48. The van der Waals surface area contributed by atoms with Gasteiger partial charge in [-0.2, -0.15) is 5.26 Å². The highest BCUT2D eigenvalue weighted by molar-refractivity contribution is 6.30. The highest BCUT2D eigenvalue weighted by Gasteiger charge is 2.50. The molecule has 0 spiro atoms. The number of ether oxygens (including phenoxy) is 1. The van der Waals surface area contributed by atoms with Gasteiger partial charge in [-0.05, 0) is 55.5 Å². The largest absolute Gasteiger partial charge is 0.475 e. The van der Waals surface area contributed by atoms with Gasteiger partial charge in [-0.15, -0.1) is 0 Å². The number of halogens is 1. The monoisotopic (exact) mass is 445 g/mol. The second kappa shape index (κ2) is 8.56. The quantitative estimate of drug-likeness (QED) is 0.586. The summed E-state index contributed by atoms with van der Waals surface area (Å²) in [4.78, 5) is 28.6. The maximum atomic E-state index is 13.8. The van der Waals surface area contributed by atoms with Crippen molar-refractivity contribution in [3.05, 3.63) is 71.1 Å². The van der Waals surface area contributed by atoms with E-state index in [2.05, 4.69) is 21.0 Å². The van der Waals surface area contributed by atoms with Crippen LogP contribution in [0.25, 0.3) is 11.4 Å². The number of pyridine rings is 1. The van der Waals surface area contributed by atoms with Gasteiger partial charge in [0.2, 0.25) is 5.88 Å². The van der Waals surface area contributed by atoms with Gasteiger partial charge in [0.15, 0.2) is 5.82 Å². The van der Waals surface area contributed by atoms with Gasteiger partial charge in [-0.1, -0.05) is 11.6 Å². The fourth-order valence-electron chi connectivity index (χ4n) is 4.37. The Balaban J connectivity index is 1.45. The number of amides is 1. The number of rotatable bonds is 5. The number of carbonyl (C=O) groups excluding carboxylic acids is 1. The summed E-state index contributed by atoms with van der Waals surface area (Å²) in [7, 11) is 0. The summed E-state index contributed by atoms with van der Waals surface area (Å²) in [5, 5.41) is 9.96. The van der Waals surface area contributed by atoms with E-state index < -0.39 is 0 Å². The Bertz CT molecular complexity index is 1180. The molecule has 5 rings (SSSR count). The van der Waals surface area contributed by atoms with E-state index in [-0.39, 0.29) is 18.0 Å². The summed E-state index contributed by atoms with van der Waals surface area (Å²) in [6.07, 6.45) is 7.75. The lowest BCUT2D eigenvalue weighted by atomic mass is 9.98. The van der Waals surface area contributed by atoms with Crippen molar-refractivity contribution in [1.82, 2.24) is 19.9 Å². The van der Waals surface area contributed by atoms with Crippen LogP contribution in [0.3, 0.4) is 0 Å². The molecule has 2 fully saturated rings. The topological polar surface area (TPSA) is 92.0 Å². The van der Waals surface area contributed by atoms with Crippen molar-refractivity contribution in [2.45, 2.75) is 31.3 Å². The van der Waals surface area contributed by atoms with Crippen molar-refractivity contribution in [3.8, 4) is 23.3 Å². The number of benzene rings is 1. The molecule has 0 radical (unpaired) electrons. The first-order valence-electron chi connectivity index (χ1n) is 10.5. The normalized spacial score (nSPS) is 21.4. The van der Waals surface area contributed by atoms with Gasteiger partial charge < -0.3 is 9.64 Å². The molecule has 3 aromatic rings. The van der Waals surface area contributed by atoms with E-state index in [9.17, 15) is 10.1 Å². The number of piperidine rings is 1. The van der Waals surface area contributed by atoms with Gasteiger partial charge in [-0.3, -0.25) is 4.79 Å². The molecule has 160 valence electrons. The molecule has 1 aliphatic heterocycles. The molecule has 7 nitrogen and oxygen atoms in total. The minimum Gasteiger partial charge on any atom is -0.475 e. The van der Waals surface area contributed by atoms with Crippen LogP contribution in [0.15, 0.2) is 55.0 Å². The standard InChI is InChI=1S/C24H20ClN5O2/c25-17-4-7-22(29-13-17)32-14-18-5-3-16-11-21(16)30(18)24(31)20-10-15(12-26)2-6-19(20)23-27-8-1-9-28-23/h1-2,4,6-10,13,16,18,21H,3,5,11,14H2/t16?,18-,21?/m0/s1. The Kier molecular flexibility index (Phi) is 5.46. The fourth-order valence-corrected chi connectivity index (χ4v) is 4.48. The lowest BCUT2D eigenvalue weighted by molar-refractivity contribution is 0.0495. The molecule has 2 aromatic heterocycles. The zero-order valence-electron chi connectivity index (χ0n) is 17.2. The molecule has 1 amide bonds. The zero-order chi connectivity index (χ0) is 22.1. The first-order valence-corrected chi connectivity index (χ1v) is 10.9. The Hall–Kier alpha value is -3.50. The van der Waals surface area contributed by atoms with Crippen LogP contribution >= 0.6 is 11.6 Å². The van der Waals surface area contributed by atoms with Crippen molar-refractivity contribution < 1.29 is 9.53 Å².